The van der Waals surface area contributed by atoms with Gasteiger partial charge in [-0.25, -0.2) is 0 Å². The Bertz CT molecular complexity index is 417. The Balaban J connectivity index is 2.30. The average Bonchev–Trinajstić information content (AvgIpc) is 2.71. The van der Waals surface area contributed by atoms with Crippen LogP contribution in [0.4, 0.5) is 5.69 Å². The number of anilines is 1. The van der Waals surface area contributed by atoms with E-state index < -0.39 is 0 Å². The van der Waals surface area contributed by atoms with Crippen molar-refractivity contribution in [2.45, 2.75) is 6.92 Å². The van der Waals surface area contributed by atoms with Gasteiger partial charge in [0.05, 0.1) is 17.3 Å². The standard InChI is InChI=1S/C10H11BrClN3/c1-6-2-3-7(12)9(8(6)11)15-10-13-4-5-14-10/h2-3H,4-5H2,1H3,(H2,13,14,15). The molecular weight excluding hydrogens is 277 g/mol. The van der Waals surface area contributed by atoms with E-state index in [1.807, 2.05) is 19.1 Å². The Hall–Kier alpha value is -0.740. The first-order valence-electron chi connectivity index (χ1n) is 4.68. The van der Waals surface area contributed by atoms with Gasteiger partial charge in [-0.3, -0.25) is 4.99 Å². The summed E-state index contributed by atoms with van der Waals surface area (Å²) in [4.78, 5) is 4.26. The molecule has 0 fully saturated rings. The highest BCUT2D eigenvalue weighted by Crippen LogP contribution is 2.33. The summed E-state index contributed by atoms with van der Waals surface area (Å²) in [7, 11) is 0. The predicted octanol–water partition coefficient (Wildman–Crippen LogP) is 2.78. The van der Waals surface area contributed by atoms with Gasteiger partial charge in [-0.2, -0.15) is 0 Å². The first-order chi connectivity index (χ1) is 7.18. The number of hydrogen-bond acceptors (Lipinski definition) is 3. The van der Waals surface area contributed by atoms with Crippen molar-refractivity contribution < 1.29 is 0 Å². The molecule has 1 heterocycles. The molecule has 80 valence electrons. The maximum absolute atomic E-state index is 6.10. The lowest BCUT2D eigenvalue weighted by Crippen LogP contribution is -2.26. The van der Waals surface area contributed by atoms with Crippen LogP contribution in [0.2, 0.25) is 5.02 Å². The van der Waals surface area contributed by atoms with Crippen molar-refractivity contribution in [3.63, 3.8) is 0 Å². The number of rotatable bonds is 1. The fraction of sp³-hybridized carbons (Fsp3) is 0.300. The van der Waals surface area contributed by atoms with Gasteiger partial charge in [-0.15, -0.1) is 0 Å². The molecule has 15 heavy (non-hydrogen) atoms. The molecular formula is C10H11BrClN3. The Labute approximate surface area is 102 Å². The fourth-order valence-electron chi connectivity index (χ4n) is 1.37. The minimum atomic E-state index is 0.684. The molecule has 5 heteroatoms. The van der Waals surface area contributed by atoms with E-state index in [9.17, 15) is 0 Å². The summed E-state index contributed by atoms with van der Waals surface area (Å²) in [5, 5.41) is 7.00. The number of guanidine groups is 1. The number of hydrogen-bond donors (Lipinski definition) is 2. The molecule has 0 aromatic heterocycles. The van der Waals surface area contributed by atoms with Crippen molar-refractivity contribution in [3.05, 3.63) is 27.2 Å². The molecule has 3 nitrogen and oxygen atoms in total. The van der Waals surface area contributed by atoms with Crippen molar-refractivity contribution in [2.24, 2.45) is 4.99 Å². The van der Waals surface area contributed by atoms with Crippen molar-refractivity contribution >= 4 is 39.2 Å². The molecule has 1 aliphatic rings. The molecule has 1 aromatic rings. The third-order valence-corrected chi connectivity index (χ3v) is 3.54. The van der Waals surface area contributed by atoms with Gasteiger partial charge in [0.25, 0.3) is 0 Å². The molecule has 1 aliphatic heterocycles. The van der Waals surface area contributed by atoms with Crippen LogP contribution in [0.1, 0.15) is 5.56 Å². The molecule has 2 N–H and O–H groups in total. The zero-order valence-electron chi connectivity index (χ0n) is 8.27. The summed E-state index contributed by atoms with van der Waals surface area (Å²) in [5.41, 5.74) is 2.00. The van der Waals surface area contributed by atoms with Crippen LogP contribution >= 0.6 is 27.5 Å². The van der Waals surface area contributed by atoms with Gasteiger partial charge in [0, 0.05) is 11.0 Å². The fourth-order valence-corrected chi connectivity index (χ4v) is 2.14. The van der Waals surface area contributed by atoms with Gasteiger partial charge in [0.15, 0.2) is 5.96 Å². The second-order valence-corrected chi connectivity index (χ2v) is 4.54. The van der Waals surface area contributed by atoms with Gasteiger partial charge < -0.3 is 10.6 Å². The van der Waals surface area contributed by atoms with Crippen LogP contribution in [0.15, 0.2) is 21.6 Å². The summed E-state index contributed by atoms with van der Waals surface area (Å²) < 4.78 is 0.978. The topological polar surface area (TPSA) is 36.4 Å². The molecule has 2 rings (SSSR count). The van der Waals surface area contributed by atoms with Gasteiger partial charge in [0.1, 0.15) is 0 Å². The highest BCUT2D eigenvalue weighted by atomic mass is 79.9. The van der Waals surface area contributed by atoms with Gasteiger partial charge in [-0.1, -0.05) is 17.7 Å². The number of nitrogens with one attached hydrogen (secondary N) is 2. The largest absolute Gasteiger partial charge is 0.354 e. The van der Waals surface area contributed by atoms with E-state index in [0.717, 1.165) is 34.8 Å². The second kappa shape index (κ2) is 4.41. The van der Waals surface area contributed by atoms with Crippen LogP contribution in [0, 0.1) is 6.92 Å². The van der Waals surface area contributed by atoms with Crippen LogP contribution in [-0.4, -0.2) is 19.0 Å². The van der Waals surface area contributed by atoms with Crippen LogP contribution in [0.5, 0.6) is 0 Å². The van der Waals surface area contributed by atoms with Gasteiger partial charge in [0.2, 0.25) is 0 Å². The third kappa shape index (κ3) is 2.26. The molecule has 0 unspecified atom stereocenters. The number of halogens is 2. The van der Waals surface area contributed by atoms with E-state index in [1.165, 1.54) is 0 Å². The molecule has 0 radical (unpaired) electrons. The number of aliphatic imine (C=N–C) groups is 1. The molecule has 0 aliphatic carbocycles. The van der Waals surface area contributed by atoms with E-state index in [0.29, 0.717) is 5.02 Å². The molecule has 0 saturated heterocycles. The average molecular weight is 289 g/mol. The highest BCUT2D eigenvalue weighted by Gasteiger charge is 2.11. The van der Waals surface area contributed by atoms with Gasteiger partial charge in [-0.05, 0) is 34.5 Å². The lowest BCUT2D eigenvalue weighted by Gasteiger charge is -2.12. The smallest absolute Gasteiger partial charge is 0.195 e. The minimum Gasteiger partial charge on any atom is -0.354 e. The highest BCUT2D eigenvalue weighted by molar-refractivity contribution is 9.10. The van der Waals surface area contributed by atoms with E-state index in [-0.39, 0.29) is 0 Å². The van der Waals surface area contributed by atoms with Crippen molar-refractivity contribution in [1.82, 2.24) is 5.32 Å². The van der Waals surface area contributed by atoms with Crippen LogP contribution in [0.25, 0.3) is 0 Å². The Morgan fingerprint density at radius 3 is 3.00 bits per heavy atom. The van der Waals surface area contributed by atoms with Crippen LogP contribution in [-0.2, 0) is 0 Å². The lowest BCUT2D eigenvalue weighted by molar-refractivity contribution is 0.959. The monoisotopic (exact) mass is 287 g/mol. The van der Waals surface area contributed by atoms with E-state index in [4.69, 9.17) is 11.6 Å². The molecule has 0 atom stereocenters. The molecule has 0 bridgehead atoms. The predicted molar refractivity (Wildman–Crippen MR) is 67.8 cm³/mol. The van der Waals surface area contributed by atoms with E-state index >= 15 is 0 Å². The quantitative estimate of drug-likeness (QED) is 0.834. The Morgan fingerprint density at radius 1 is 1.53 bits per heavy atom. The number of benzene rings is 1. The lowest BCUT2D eigenvalue weighted by atomic mass is 10.2. The first-order valence-corrected chi connectivity index (χ1v) is 5.85. The van der Waals surface area contributed by atoms with Gasteiger partial charge >= 0.3 is 0 Å². The summed E-state index contributed by atoms with van der Waals surface area (Å²) in [6.45, 7) is 3.71. The zero-order chi connectivity index (χ0) is 10.8. The molecule has 0 spiro atoms. The SMILES string of the molecule is Cc1ccc(Cl)c(NC2=NCCN2)c1Br. The summed E-state index contributed by atoms with van der Waals surface area (Å²) in [6.07, 6.45) is 0. The molecule has 0 saturated carbocycles. The van der Waals surface area contributed by atoms with Crippen molar-refractivity contribution in [1.29, 1.82) is 0 Å². The summed E-state index contributed by atoms with van der Waals surface area (Å²) >= 11 is 9.61. The van der Waals surface area contributed by atoms with Crippen LogP contribution < -0.4 is 10.6 Å². The molecule has 1 aromatic carbocycles. The minimum absolute atomic E-state index is 0.684. The zero-order valence-corrected chi connectivity index (χ0v) is 10.6. The summed E-state index contributed by atoms with van der Waals surface area (Å²) in [6, 6.07) is 3.85. The van der Waals surface area contributed by atoms with Crippen molar-refractivity contribution in [3.8, 4) is 0 Å². The van der Waals surface area contributed by atoms with E-state index in [2.05, 4.69) is 31.6 Å². The Kier molecular flexibility index (Phi) is 3.17. The maximum atomic E-state index is 6.10. The summed E-state index contributed by atoms with van der Waals surface area (Å²) in [5.74, 6) is 0.781. The normalized spacial score (nSPS) is 14.7. The van der Waals surface area contributed by atoms with Crippen LogP contribution in [0.3, 0.4) is 0 Å². The Morgan fingerprint density at radius 2 is 2.33 bits per heavy atom. The number of nitrogens with zero attached hydrogens (tertiary/aromatic N) is 1. The maximum Gasteiger partial charge on any atom is 0.195 e. The van der Waals surface area contributed by atoms with E-state index in [1.54, 1.807) is 0 Å². The molecule has 0 amide bonds. The van der Waals surface area contributed by atoms with Crippen molar-refractivity contribution in [2.75, 3.05) is 18.4 Å². The third-order valence-electron chi connectivity index (χ3n) is 2.20. The first kappa shape index (κ1) is 10.8. The second-order valence-electron chi connectivity index (χ2n) is 3.34. The number of aryl methyl sites for hydroxylation is 1.